The summed E-state index contributed by atoms with van der Waals surface area (Å²) in [5, 5.41) is 15.0. The molecule has 0 unspecified atom stereocenters. The number of benzene rings is 1. The van der Waals surface area contributed by atoms with E-state index >= 15 is 0 Å². The maximum absolute atomic E-state index is 12.3. The van der Waals surface area contributed by atoms with E-state index in [1.165, 1.54) is 6.07 Å². The number of hydrogen-bond acceptors (Lipinski definition) is 7. The zero-order chi connectivity index (χ0) is 17.3. The number of nitriles is 1. The highest BCUT2D eigenvalue weighted by molar-refractivity contribution is 7.73. The first kappa shape index (κ1) is 19.1. The number of amides is 1. The van der Waals surface area contributed by atoms with Gasteiger partial charge in [-0.3, -0.25) is 14.7 Å². The average molecular weight is 360 g/mol. The van der Waals surface area contributed by atoms with Crippen LogP contribution in [0.25, 0.3) is 0 Å². The molecule has 1 aromatic rings. The Bertz CT molecular complexity index is 664. The third kappa shape index (κ3) is 6.00. The topological polar surface area (TPSA) is 110 Å². The molecule has 1 aromatic carbocycles. The maximum Gasteiger partial charge on any atom is 0.437 e. The van der Waals surface area contributed by atoms with Crippen molar-refractivity contribution in [3.63, 3.8) is 0 Å². The Morgan fingerprint density at radius 2 is 2.04 bits per heavy atom. The molecule has 0 spiro atoms. The number of oxime groups is 1. The van der Waals surface area contributed by atoms with Crippen LogP contribution in [0.4, 0.5) is 10.5 Å². The molecule has 0 radical (unpaired) electrons. The van der Waals surface area contributed by atoms with Crippen LogP contribution in [-0.4, -0.2) is 24.8 Å². The molecular weight excluding hydrogens is 345 g/mol. The van der Waals surface area contributed by atoms with Crippen molar-refractivity contribution in [2.45, 2.75) is 13.8 Å². The van der Waals surface area contributed by atoms with E-state index in [1.54, 1.807) is 38.1 Å². The number of nitrogens with one attached hydrogen (secondary N) is 1. The smallest absolute Gasteiger partial charge is 0.304 e. The van der Waals surface area contributed by atoms with Crippen molar-refractivity contribution in [3.8, 4) is 6.07 Å². The van der Waals surface area contributed by atoms with Gasteiger partial charge in [-0.15, -0.1) is 0 Å². The zero-order valence-electron chi connectivity index (χ0n) is 12.5. The minimum absolute atomic E-state index is 0.0344. The molecule has 0 aliphatic rings. The van der Waals surface area contributed by atoms with Crippen LogP contribution in [0, 0.1) is 11.3 Å². The normalized spacial score (nSPS) is 11.7. The molecule has 0 bridgehead atoms. The van der Waals surface area contributed by atoms with Gasteiger partial charge in [0.1, 0.15) is 6.07 Å². The van der Waals surface area contributed by atoms with Gasteiger partial charge in [0.2, 0.25) is 0 Å². The summed E-state index contributed by atoms with van der Waals surface area (Å²) < 4.78 is 22.2. The van der Waals surface area contributed by atoms with Crippen molar-refractivity contribution < 1.29 is 23.2 Å². The summed E-state index contributed by atoms with van der Waals surface area (Å²) in [6, 6.07) is 7.87. The van der Waals surface area contributed by atoms with E-state index in [2.05, 4.69) is 15.3 Å². The summed E-state index contributed by atoms with van der Waals surface area (Å²) in [4.78, 5) is 16.1. The third-order valence-electron chi connectivity index (χ3n) is 2.24. The summed E-state index contributed by atoms with van der Waals surface area (Å²) in [7, 11) is -3.91. The first-order valence-corrected chi connectivity index (χ1v) is 8.48. The molecular formula is C13H15ClN3O5P. The first-order chi connectivity index (χ1) is 10.9. The lowest BCUT2D eigenvalue weighted by Crippen LogP contribution is -2.13. The van der Waals surface area contributed by atoms with Gasteiger partial charge in [-0.05, 0) is 32.0 Å². The van der Waals surface area contributed by atoms with E-state index in [-0.39, 0.29) is 13.2 Å². The van der Waals surface area contributed by atoms with E-state index in [0.29, 0.717) is 10.7 Å². The Labute approximate surface area is 138 Å². The molecule has 1 rings (SSSR count). The fourth-order valence-corrected chi connectivity index (χ4v) is 2.88. The van der Waals surface area contributed by atoms with Crippen LogP contribution < -0.4 is 5.32 Å². The standard InChI is InChI=1S/C13H15ClN3O5P/c1-3-20-23(19,21-4-2)12(9-15)17-22-13(18)16-11-7-5-6-10(14)8-11/h5-8H,3-4H2,1-2H3,(H,16,18)/b17-12+. The molecule has 8 nitrogen and oxygen atoms in total. The van der Waals surface area contributed by atoms with Gasteiger partial charge in [-0.1, -0.05) is 22.8 Å². The quantitative estimate of drug-likeness (QED) is 0.341. The maximum atomic E-state index is 12.3. The van der Waals surface area contributed by atoms with Crippen molar-refractivity contribution in [1.29, 1.82) is 5.26 Å². The van der Waals surface area contributed by atoms with Gasteiger partial charge in [-0.2, -0.15) is 5.26 Å². The van der Waals surface area contributed by atoms with Gasteiger partial charge in [0.25, 0.3) is 5.45 Å². The lowest BCUT2D eigenvalue weighted by molar-refractivity contribution is 0.166. The molecule has 10 heteroatoms. The van der Waals surface area contributed by atoms with Crippen LogP contribution in [0.5, 0.6) is 0 Å². The molecule has 0 fully saturated rings. The zero-order valence-corrected chi connectivity index (χ0v) is 14.1. The van der Waals surface area contributed by atoms with Crippen LogP contribution in [0.1, 0.15) is 13.8 Å². The van der Waals surface area contributed by atoms with Crippen molar-refractivity contribution in [2.24, 2.45) is 5.16 Å². The van der Waals surface area contributed by atoms with Crippen molar-refractivity contribution in [3.05, 3.63) is 29.3 Å². The number of hydrogen-bond donors (Lipinski definition) is 1. The second-order valence-corrected chi connectivity index (χ2v) is 6.25. The van der Waals surface area contributed by atoms with Crippen molar-refractivity contribution in [2.75, 3.05) is 18.5 Å². The minimum atomic E-state index is -3.91. The predicted molar refractivity (Wildman–Crippen MR) is 85.5 cm³/mol. The number of nitrogens with zero attached hydrogens (tertiary/aromatic N) is 2. The van der Waals surface area contributed by atoms with Gasteiger partial charge in [0, 0.05) is 10.7 Å². The average Bonchev–Trinajstić information content (AvgIpc) is 2.48. The van der Waals surface area contributed by atoms with E-state index in [4.69, 9.17) is 25.9 Å². The molecule has 0 atom stereocenters. The summed E-state index contributed by atoms with van der Waals surface area (Å²) in [6.45, 7) is 3.22. The van der Waals surface area contributed by atoms with Gasteiger partial charge < -0.3 is 9.05 Å². The van der Waals surface area contributed by atoms with Gasteiger partial charge in [0.05, 0.1) is 13.2 Å². The SMILES string of the molecule is CCOP(=O)(OCC)/C(C#N)=N/OC(=O)Nc1cccc(Cl)c1. The number of rotatable bonds is 7. The number of carbonyl (C=O) groups is 1. The summed E-state index contributed by atoms with van der Waals surface area (Å²) in [5.41, 5.74) is -0.281. The highest BCUT2D eigenvalue weighted by Gasteiger charge is 2.33. The first-order valence-electron chi connectivity index (χ1n) is 6.56. The third-order valence-corrected chi connectivity index (χ3v) is 4.38. The fourth-order valence-electron chi connectivity index (χ4n) is 1.42. The molecule has 23 heavy (non-hydrogen) atoms. The lowest BCUT2D eigenvalue weighted by Gasteiger charge is -2.13. The number of carbonyl (C=O) groups excluding carboxylic acids is 1. The van der Waals surface area contributed by atoms with Gasteiger partial charge in [-0.25, -0.2) is 4.79 Å². The monoisotopic (exact) mass is 359 g/mol. The summed E-state index contributed by atoms with van der Waals surface area (Å²) in [6.07, 6.45) is -0.987. The predicted octanol–water partition coefficient (Wildman–Crippen LogP) is 3.99. The molecule has 0 saturated heterocycles. The second-order valence-electron chi connectivity index (χ2n) is 3.87. The van der Waals surface area contributed by atoms with Gasteiger partial charge >= 0.3 is 13.7 Å². The fraction of sp³-hybridized carbons (Fsp3) is 0.308. The Hall–Kier alpha value is -1.91. The summed E-state index contributed by atoms with van der Waals surface area (Å²) in [5.74, 6) is 0. The lowest BCUT2D eigenvalue weighted by atomic mass is 10.3. The highest BCUT2D eigenvalue weighted by Crippen LogP contribution is 2.49. The highest BCUT2D eigenvalue weighted by atomic mass is 35.5. The van der Waals surface area contributed by atoms with Crippen LogP contribution in [0.15, 0.2) is 29.4 Å². The van der Waals surface area contributed by atoms with Crippen molar-refractivity contribution in [1.82, 2.24) is 0 Å². The van der Waals surface area contributed by atoms with Crippen LogP contribution in [0.2, 0.25) is 5.02 Å². The number of anilines is 1. The Balaban J connectivity index is 2.81. The van der Waals surface area contributed by atoms with E-state index in [9.17, 15) is 9.36 Å². The van der Waals surface area contributed by atoms with Gasteiger partial charge in [0.15, 0.2) is 0 Å². The van der Waals surface area contributed by atoms with Crippen LogP contribution in [0.3, 0.4) is 0 Å². The van der Waals surface area contributed by atoms with E-state index < -0.39 is 19.1 Å². The molecule has 0 aliphatic heterocycles. The van der Waals surface area contributed by atoms with Crippen LogP contribution in [-0.2, 0) is 18.5 Å². The Morgan fingerprint density at radius 1 is 1.39 bits per heavy atom. The van der Waals surface area contributed by atoms with E-state index in [0.717, 1.165) is 0 Å². The van der Waals surface area contributed by atoms with Crippen LogP contribution >= 0.6 is 19.2 Å². The molecule has 124 valence electrons. The second kappa shape index (κ2) is 9.28. The van der Waals surface area contributed by atoms with Crippen molar-refractivity contribution >= 4 is 36.4 Å². The molecule has 1 N–H and O–H groups in total. The molecule has 1 amide bonds. The molecule has 0 aliphatic carbocycles. The Morgan fingerprint density at radius 3 is 2.57 bits per heavy atom. The minimum Gasteiger partial charge on any atom is -0.304 e. The number of halogens is 1. The molecule has 0 saturated carbocycles. The molecule has 0 heterocycles. The Kier molecular flexibility index (Phi) is 7.72. The summed E-state index contributed by atoms with van der Waals surface area (Å²) >= 11 is 5.77. The van der Waals surface area contributed by atoms with E-state index in [1.807, 2.05) is 0 Å². The largest absolute Gasteiger partial charge is 0.437 e. The molecule has 0 aromatic heterocycles.